The standard InChI is InChI=1S/C18H30O7/c1-11(15(21)23-5)13-6-7-16(3,10-19)18(8-13)17(4,22)14(25-18)9-24-12(2)20/h11,13-14,19,22H,6-10H2,1-5H3/t11-,13+,14-,16-,17-,18-/m0/s1. The molecule has 25 heavy (non-hydrogen) atoms. The zero-order valence-corrected chi connectivity index (χ0v) is 15.7. The Bertz CT molecular complexity index is 532. The predicted molar refractivity (Wildman–Crippen MR) is 88.6 cm³/mol. The van der Waals surface area contributed by atoms with Gasteiger partial charge in [-0.25, -0.2) is 0 Å². The van der Waals surface area contributed by atoms with E-state index < -0.39 is 28.7 Å². The van der Waals surface area contributed by atoms with Gasteiger partial charge in [-0.05, 0) is 32.1 Å². The maximum Gasteiger partial charge on any atom is 0.308 e. The van der Waals surface area contributed by atoms with Crippen molar-refractivity contribution in [3.05, 3.63) is 0 Å². The van der Waals surface area contributed by atoms with E-state index in [1.54, 1.807) is 6.92 Å². The Labute approximate surface area is 148 Å². The fourth-order valence-electron chi connectivity index (χ4n) is 4.51. The van der Waals surface area contributed by atoms with Crippen LogP contribution in [0.2, 0.25) is 0 Å². The average molecular weight is 358 g/mol. The Morgan fingerprint density at radius 1 is 1.36 bits per heavy atom. The van der Waals surface area contributed by atoms with Crippen molar-refractivity contribution in [2.75, 3.05) is 20.3 Å². The van der Waals surface area contributed by atoms with Gasteiger partial charge in [0.05, 0.1) is 19.6 Å². The van der Waals surface area contributed by atoms with E-state index in [-0.39, 0.29) is 31.0 Å². The second-order valence-electron chi connectivity index (χ2n) is 7.92. The van der Waals surface area contributed by atoms with Gasteiger partial charge in [0.1, 0.15) is 23.9 Å². The van der Waals surface area contributed by atoms with E-state index in [0.717, 1.165) is 6.42 Å². The second-order valence-corrected chi connectivity index (χ2v) is 7.92. The van der Waals surface area contributed by atoms with Crippen molar-refractivity contribution in [3.63, 3.8) is 0 Å². The molecule has 2 N–H and O–H groups in total. The van der Waals surface area contributed by atoms with E-state index in [4.69, 9.17) is 14.2 Å². The van der Waals surface area contributed by atoms with Gasteiger partial charge in [-0.1, -0.05) is 13.8 Å². The Morgan fingerprint density at radius 3 is 2.48 bits per heavy atom. The molecule has 0 aromatic heterocycles. The molecule has 0 aromatic carbocycles. The van der Waals surface area contributed by atoms with Crippen LogP contribution in [0.4, 0.5) is 0 Å². The first kappa shape index (κ1) is 20.1. The number of rotatable bonds is 5. The van der Waals surface area contributed by atoms with Gasteiger partial charge < -0.3 is 24.4 Å². The number of aliphatic hydroxyl groups excluding tert-OH is 1. The van der Waals surface area contributed by atoms with Crippen molar-refractivity contribution < 1.29 is 34.0 Å². The highest BCUT2D eigenvalue weighted by Crippen LogP contribution is 2.61. The van der Waals surface area contributed by atoms with Gasteiger partial charge in [0, 0.05) is 12.3 Å². The molecule has 0 radical (unpaired) electrons. The molecular formula is C18H30O7. The number of carbonyl (C=O) groups is 2. The quantitative estimate of drug-likeness (QED) is 0.708. The van der Waals surface area contributed by atoms with Crippen molar-refractivity contribution in [1.29, 1.82) is 0 Å². The first-order valence-electron chi connectivity index (χ1n) is 8.77. The fourth-order valence-corrected chi connectivity index (χ4v) is 4.51. The number of aliphatic hydroxyl groups is 2. The molecule has 7 nitrogen and oxygen atoms in total. The van der Waals surface area contributed by atoms with Gasteiger partial charge in [0.25, 0.3) is 0 Å². The van der Waals surface area contributed by atoms with Crippen LogP contribution in [0.5, 0.6) is 0 Å². The van der Waals surface area contributed by atoms with E-state index in [2.05, 4.69) is 0 Å². The smallest absolute Gasteiger partial charge is 0.308 e. The third kappa shape index (κ3) is 3.06. The molecule has 1 aliphatic heterocycles. The highest BCUT2D eigenvalue weighted by Gasteiger charge is 2.72. The van der Waals surface area contributed by atoms with E-state index >= 15 is 0 Å². The Morgan fingerprint density at radius 2 is 2.00 bits per heavy atom. The van der Waals surface area contributed by atoms with Crippen LogP contribution in [0.15, 0.2) is 0 Å². The minimum Gasteiger partial charge on any atom is -0.469 e. The van der Waals surface area contributed by atoms with Crippen molar-refractivity contribution in [2.45, 2.75) is 64.3 Å². The third-order valence-electron chi connectivity index (χ3n) is 6.45. The fraction of sp³-hybridized carbons (Fsp3) is 0.889. The highest BCUT2D eigenvalue weighted by atomic mass is 16.6. The van der Waals surface area contributed by atoms with E-state index in [9.17, 15) is 19.8 Å². The summed E-state index contributed by atoms with van der Waals surface area (Å²) in [5, 5.41) is 21.2. The van der Waals surface area contributed by atoms with Crippen LogP contribution < -0.4 is 0 Å². The predicted octanol–water partition coefficient (Wildman–Crippen LogP) is 1.05. The summed E-state index contributed by atoms with van der Waals surface area (Å²) in [5.74, 6) is -1.07. The summed E-state index contributed by atoms with van der Waals surface area (Å²) >= 11 is 0. The molecule has 1 spiro atoms. The maximum atomic E-state index is 11.9. The number of hydrogen-bond acceptors (Lipinski definition) is 7. The third-order valence-corrected chi connectivity index (χ3v) is 6.45. The van der Waals surface area contributed by atoms with E-state index in [0.29, 0.717) is 12.8 Å². The lowest BCUT2D eigenvalue weighted by molar-refractivity contribution is -0.402. The normalized spacial score (nSPS) is 41.7. The van der Waals surface area contributed by atoms with Crippen LogP contribution in [0.1, 0.15) is 47.0 Å². The number of hydrogen-bond donors (Lipinski definition) is 2. The van der Waals surface area contributed by atoms with Crippen molar-refractivity contribution in [3.8, 4) is 0 Å². The minimum atomic E-state index is -1.28. The molecule has 0 bridgehead atoms. The summed E-state index contributed by atoms with van der Waals surface area (Å²) in [6, 6.07) is 0. The lowest BCUT2D eigenvalue weighted by Gasteiger charge is -2.68. The lowest BCUT2D eigenvalue weighted by Crippen LogP contribution is -2.81. The molecule has 0 unspecified atom stereocenters. The summed E-state index contributed by atoms with van der Waals surface area (Å²) in [5.41, 5.74) is -2.92. The molecule has 0 amide bonds. The van der Waals surface area contributed by atoms with Crippen molar-refractivity contribution in [1.82, 2.24) is 0 Å². The summed E-state index contributed by atoms with van der Waals surface area (Å²) in [4.78, 5) is 23.0. The summed E-state index contributed by atoms with van der Waals surface area (Å²) in [6.07, 6.45) is 1.13. The largest absolute Gasteiger partial charge is 0.469 e. The molecule has 0 aromatic rings. The van der Waals surface area contributed by atoms with Gasteiger partial charge in [0.15, 0.2) is 0 Å². The van der Waals surface area contributed by atoms with E-state index in [1.165, 1.54) is 14.0 Å². The minimum absolute atomic E-state index is 0.0202. The first-order valence-corrected chi connectivity index (χ1v) is 8.77. The number of esters is 2. The molecule has 2 rings (SSSR count). The second kappa shape index (κ2) is 6.85. The molecule has 7 heteroatoms. The Kier molecular flexibility index (Phi) is 5.52. The molecule has 1 saturated carbocycles. The zero-order valence-electron chi connectivity index (χ0n) is 15.7. The molecule has 1 saturated heterocycles. The van der Waals surface area contributed by atoms with Crippen LogP contribution in [0.25, 0.3) is 0 Å². The van der Waals surface area contributed by atoms with Crippen LogP contribution in [-0.4, -0.2) is 59.8 Å². The monoisotopic (exact) mass is 358 g/mol. The molecule has 2 aliphatic rings. The van der Waals surface area contributed by atoms with E-state index in [1.807, 2.05) is 13.8 Å². The maximum absolute atomic E-state index is 11.9. The van der Waals surface area contributed by atoms with Gasteiger partial charge in [0.2, 0.25) is 0 Å². The first-order chi connectivity index (χ1) is 11.5. The van der Waals surface area contributed by atoms with Crippen molar-refractivity contribution in [2.24, 2.45) is 17.3 Å². The SMILES string of the molecule is COC(=O)[C@@H](C)[C@@H]1CC[C@@](C)(CO)[C@]2(C1)O[C@@H](COC(C)=O)[C@]2(C)O. The van der Waals surface area contributed by atoms with Crippen LogP contribution >= 0.6 is 0 Å². The topological polar surface area (TPSA) is 102 Å². The van der Waals surface area contributed by atoms with Gasteiger partial charge in [-0.2, -0.15) is 0 Å². The van der Waals surface area contributed by atoms with Crippen LogP contribution in [0.3, 0.4) is 0 Å². The molecule has 144 valence electrons. The molecule has 2 fully saturated rings. The molecular weight excluding hydrogens is 328 g/mol. The number of carbonyl (C=O) groups excluding carboxylic acids is 2. The van der Waals surface area contributed by atoms with Crippen LogP contribution in [0, 0.1) is 17.3 Å². The Balaban J connectivity index is 2.25. The lowest BCUT2D eigenvalue weighted by atomic mass is 9.50. The number of ether oxygens (including phenoxy) is 3. The summed E-state index contributed by atoms with van der Waals surface area (Å²) in [7, 11) is 1.36. The van der Waals surface area contributed by atoms with Gasteiger partial charge in [-0.15, -0.1) is 0 Å². The highest BCUT2D eigenvalue weighted by molar-refractivity contribution is 5.72. The molecule has 6 atom stereocenters. The zero-order chi connectivity index (χ0) is 19.0. The van der Waals surface area contributed by atoms with Gasteiger partial charge >= 0.3 is 11.9 Å². The average Bonchev–Trinajstić information content (AvgIpc) is 2.57. The number of methoxy groups -OCH3 is 1. The molecule has 1 aliphatic carbocycles. The summed E-state index contributed by atoms with van der Waals surface area (Å²) in [6.45, 7) is 6.49. The molecule has 1 heterocycles. The summed E-state index contributed by atoms with van der Waals surface area (Å²) < 4.78 is 15.9. The van der Waals surface area contributed by atoms with Crippen molar-refractivity contribution >= 4 is 11.9 Å². The Hall–Kier alpha value is -1.18. The van der Waals surface area contributed by atoms with Crippen LogP contribution in [-0.2, 0) is 23.8 Å². The van der Waals surface area contributed by atoms with Gasteiger partial charge in [-0.3, -0.25) is 9.59 Å².